The number of nitrogens with two attached hydrogens (primary N) is 1. The molecular weight excluding hydrogens is 377 g/mol. The zero-order chi connectivity index (χ0) is 20.6. The van der Waals surface area contributed by atoms with Crippen molar-refractivity contribution in [3.05, 3.63) is 42.0 Å². The van der Waals surface area contributed by atoms with Crippen molar-refractivity contribution >= 4 is 11.9 Å². The molecule has 0 bridgehead atoms. The minimum atomic E-state index is -0.566. The highest BCUT2D eigenvalue weighted by Gasteiger charge is 2.20. The zero-order valence-corrected chi connectivity index (χ0v) is 16.4. The van der Waals surface area contributed by atoms with Crippen LogP contribution in [0.1, 0.15) is 29.8 Å². The van der Waals surface area contributed by atoms with Gasteiger partial charge in [0.1, 0.15) is 11.5 Å². The van der Waals surface area contributed by atoms with Crippen molar-refractivity contribution in [2.24, 2.45) is 5.73 Å². The van der Waals surface area contributed by atoms with Crippen LogP contribution in [0.25, 0.3) is 0 Å². The first-order valence-electron chi connectivity index (χ1n) is 9.63. The summed E-state index contributed by atoms with van der Waals surface area (Å²) in [6.07, 6.45) is 4.26. The van der Waals surface area contributed by atoms with E-state index in [0.29, 0.717) is 24.1 Å². The molecule has 1 aromatic carbocycles. The first-order valence-corrected chi connectivity index (χ1v) is 9.63. The van der Waals surface area contributed by atoms with Crippen molar-refractivity contribution in [3.63, 3.8) is 0 Å². The van der Waals surface area contributed by atoms with Gasteiger partial charge in [-0.05, 0) is 37.5 Å². The number of likely N-dealkylation sites (tertiary alicyclic amines) is 1. The Bertz CT molecular complexity index is 828. The summed E-state index contributed by atoms with van der Waals surface area (Å²) in [5.74, 6) is 0.468. The molecule has 2 aromatic rings. The Morgan fingerprint density at radius 1 is 1.31 bits per heavy atom. The van der Waals surface area contributed by atoms with Gasteiger partial charge in [0.15, 0.2) is 11.5 Å². The van der Waals surface area contributed by atoms with Crippen LogP contribution >= 0.6 is 0 Å². The molecule has 1 fully saturated rings. The second kappa shape index (κ2) is 10.0. The highest BCUT2D eigenvalue weighted by atomic mass is 19.1. The molecule has 2 heterocycles. The standard InChI is InChI=1S/C20H26FN5O3/c1-28-17-4-3-14(21)13-18(17)29-12-2-9-26-10-6-15(7-11-26)24-20-23-8-5-16(25-20)19(22)27/h3-5,8,13,15H,2,6-7,9-12H2,1H3,(H2,22,27)(H,23,24,25). The Morgan fingerprint density at radius 2 is 2.10 bits per heavy atom. The van der Waals surface area contributed by atoms with Crippen LogP contribution in [0.2, 0.25) is 0 Å². The number of nitrogens with zero attached hydrogens (tertiary/aromatic N) is 3. The van der Waals surface area contributed by atoms with E-state index in [0.717, 1.165) is 38.9 Å². The van der Waals surface area contributed by atoms with Gasteiger partial charge in [-0.2, -0.15) is 0 Å². The predicted octanol–water partition coefficient (Wildman–Crippen LogP) is 2.07. The van der Waals surface area contributed by atoms with Crippen molar-refractivity contribution in [3.8, 4) is 11.5 Å². The molecule has 1 aliphatic heterocycles. The molecule has 0 atom stereocenters. The molecule has 0 spiro atoms. The molecule has 1 aromatic heterocycles. The smallest absolute Gasteiger partial charge is 0.267 e. The van der Waals surface area contributed by atoms with Crippen molar-refractivity contribution in [2.75, 3.05) is 38.7 Å². The third-order valence-corrected chi connectivity index (χ3v) is 4.83. The van der Waals surface area contributed by atoms with Gasteiger partial charge in [0, 0.05) is 37.9 Å². The monoisotopic (exact) mass is 403 g/mol. The second-order valence-corrected chi connectivity index (χ2v) is 6.89. The molecule has 29 heavy (non-hydrogen) atoms. The predicted molar refractivity (Wildman–Crippen MR) is 107 cm³/mol. The number of rotatable bonds is 9. The summed E-state index contributed by atoms with van der Waals surface area (Å²) in [6.45, 7) is 3.27. The number of carbonyl (C=O) groups is 1. The average Bonchev–Trinajstić information content (AvgIpc) is 2.73. The lowest BCUT2D eigenvalue weighted by molar-refractivity contribution is 0.0995. The third kappa shape index (κ3) is 6.02. The Morgan fingerprint density at radius 3 is 2.83 bits per heavy atom. The molecular formula is C20H26FN5O3. The maximum absolute atomic E-state index is 13.4. The van der Waals surface area contributed by atoms with Crippen molar-refractivity contribution < 1.29 is 18.7 Å². The molecule has 3 rings (SSSR count). The van der Waals surface area contributed by atoms with Gasteiger partial charge in [-0.1, -0.05) is 0 Å². The normalized spacial score (nSPS) is 15.1. The summed E-state index contributed by atoms with van der Waals surface area (Å²) in [4.78, 5) is 21.9. The number of halogens is 1. The lowest BCUT2D eigenvalue weighted by atomic mass is 10.1. The van der Waals surface area contributed by atoms with Crippen LogP contribution in [0.4, 0.5) is 10.3 Å². The first-order chi connectivity index (χ1) is 14.0. The van der Waals surface area contributed by atoms with Crippen LogP contribution < -0.4 is 20.5 Å². The van der Waals surface area contributed by atoms with Gasteiger partial charge >= 0.3 is 0 Å². The summed E-state index contributed by atoms with van der Waals surface area (Å²) in [5.41, 5.74) is 5.46. The van der Waals surface area contributed by atoms with E-state index in [9.17, 15) is 9.18 Å². The zero-order valence-electron chi connectivity index (χ0n) is 16.4. The van der Waals surface area contributed by atoms with Gasteiger partial charge in [-0.3, -0.25) is 4.79 Å². The van der Waals surface area contributed by atoms with Crippen LogP contribution in [0.3, 0.4) is 0 Å². The summed E-state index contributed by atoms with van der Waals surface area (Å²) < 4.78 is 24.2. The Balaban J connectivity index is 1.38. The molecule has 156 valence electrons. The van der Waals surface area contributed by atoms with Gasteiger partial charge in [0.05, 0.1) is 13.7 Å². The molecule has 1 amide bonds. The van der Waals surface area contributed by atoms with Gasteiger partial charge < -0.3 is 25.4 Å². The molecule has 9 heteroatoms. The fraction of sp³-hybridized carbons (Fsp3) is 0.450. The highest BCUT2D eigenvalue weighted by molar-refractivity contribution is 5.90. The first kappa shape index (κ1) is 20.8. The fourth-order valence-corrected chi connectivity index (χ4v) is 3.28. The summed E-state index contributed by atoms with van der Waals surface area (Å²) in [5, 5.41) is 3.27. The van der Waals surface area contributed by atoms with Gasteiger partial charge in [0.25, 0.3) is 5.91 Å². The molecule has 8 nitrogen and oxygen atoms in total. The van der Waals surface area contributed by atoms with E-state index < -0.39 is 5.91 Å². The van der Waals surface area contributed by atoms with Crippen LogP contribution in [0, 0.1) is 5.82 Å². The highest BCUT2D eigenvalue weighted by Crippen LogP contribution is 2.27. The quantitative estimate of drug-likeness (QED) is 0.618. The van der Waals surface area contributed by atoms with Crippen molar-refractivity contribution in [1.82, 2.24) is 14.9 Å². The topological polar surface area (TPSA) is 103 Å². The minimum absolute atomic E-state index is 0.204. The van der Waals surface area contributed by atoms with Crippen molar-refractivity contribution in [2.45, 2.75) is 25.3 Å². The summed E-state index contributed by atoms with van der Waals surface area (Å²) in [6, 6.07) is 6.00. The Kier molecular flexibility index (Phi) is 7.18. The van der Waals surface area contributed by atoms with Crippen molar-refractivity contribution in [1.29, 1.82) is 0 Å². The number of nitrogens with one attached hydrogen (secondary N) is 1. The van der Waals surface area contributed by atoms with E-state index in [1.165, 1.54) is 31.5 Å². The average molecular weight is 403 g/mol. The van der Waals surface area contributed by atoms with Crippen LogP contribution in [-0.4, -0.2) is 60.2 Å². The molecule has 3 N–H and O–H groups in total. The Labute approximate surface area is 169 Å². The van der Waals surface area contributed by atoms with E-state index in [1.54, 1.807) is 6.07 Å². The van der Waals surface area contributed by atoms with Crippen LogP contribution in [0.15, 0.2) is 30.5 Å². The maximum Gasteiger partial charge on any atom is 0.267 e. The number of hydrogen-bond acceptors (Lipinski definition) is 7. The van der Waals surface area contributed by atoms with E-state index in [4.69, 9.17) is 15.2 Å². The lowest BCUT2D eigenvalue weighted by Crippen LogP contribution is -2.40. The van der Waals surface area contributed by atoms with E-state index in [-0.39, 0.29) is 17.6 Å². The number of carbonyl (C=O) groups excluding carboxylic acids is 1. The number of methoxy groups -OCH3 is 1. The molecule has 0 unspecified atom stereocenters. The van der Waals surface area contributed by atoms with E-state index in [2.05, 4.69) is 20.2 Å². The van der Waals surface area contributed by atoms with Crippen LogP contribution in [-0.2, 0) is 0 Å². The fourth-order valence-electron chi connectivity index (χ4n) is 3.28. The van der Waals surface area contributed by atoms with Gasteiger partial charge in [-0.25, -0.2) is 14.4 Å². The molecule has 0 saturated carbocycles. The minimum Gasteiger partial charge on any atom is -0.493 e. The number of anilines is 1. The molecule has 0 radical (unpaired) electrons. The number of benzene rings is 1. The van der Waals surface area contributed by atoms with Crippen LogP contribution in [0.5, 0.6) is 11.5 Å². The third-order valence-electron chi connectivity index (χ3n) is 4.83. The van der Waals surface area contributed by atoms with E-state index in [1.807, 2.05) is 0 Å². The van der Waals surface area contributed by atoms with Gasteiger partial charge in [0.2, 0.25) is 5.95 Å². The number of aromatic nitrogens is 2. The number of piperidine rings is 1. The summed E-state index contributed by atoms with van der Waals surface area (Å²) >= 11 is 0. The number of amides is 1. The van der Waals surface area contributed by atoms with Gasteiger partial charge in [-0.15, -0.1) is 0 Å². The maximum atomic E-state index is 13.4. The number of hydrogen-bond donors (Lipinski definition) is 2. The molecule has 1 saturated heterocycles. The summed E-state index contributed by atoms with van der Waals surface area (Å²) in [7, 11) is 1.54. The number of ether oxygens (including phenoxy) is 2. The lowest BCUT2D eigenvalue weighted by Gasteiger charge is -2.32. The SMILES string of the molecule is COc1ccc(F)cc1OCCCN1CCC(Nc2nccc(C(N)=O)n2)CC1. The molecule has 1 aliphatic rings. The second-order valence-electron chi connectivity index (χ2n) is 6.89. The Hall–Kier alpha value is -2.94. The number of primary amides is 1. The van der Waals surface area contributed by atoms with E-state index >= 15 is 0 Å². The largest absolute Gasteiger partial charge is 0.493 e. The molecule has 0 aliphatic carbocycles.